The van der Waals surface area contributed by atoms with Crippen LogP contribution in [0.3, 0.4) is 0 Å². The standard InChI is InChI=1S/C32H36O12/c1-36-23-7-16(8-24(37-2)30(23)40-5)14-42-32(35)28-20(13-33)29(34)19-12-22-21(43-15-44-22)11-18(19)27(28)17-9-25(38-3)31(41-6)26(10-17)39-4/h7-12,20,27-29,33-34H,13-15H2,1-6H3/t20-,27+,28+,29-/m0/s1. The molecule has 0 saturated heterocycles. The van der Waals surface area contributed by atoms with Gasteiger partial charge >= 0.3 is 5.97 Å². The fourth-order valence-corrected chi connectivity index (χ4v) is 6.03. The Morgan fingerprint density at radius 3 is 1.73 bits per heavy atom. The number of aliphatic hydroxyl groups excluding tert-OH is 2. The number of methoxy groups -OCH3 is 6. The normalized spacial score (nSPS) is 19.9. The molecule has 0 saturated carbocycles. The SMILES string of the molecule is COc1cc(COC(=O)[C@H]2[C@H](c3cc(OC)c(OC)c(OC)c3)c3cc4c(cc3[C@H](O)[C@H]2CO)OCO4)cc(OC)c1OC. The van der Waals surface area contributed by atoms with Crippen molar-refractivity contribution < 1.29 is 57.6 Å². The molecule has 0 spiro atoms. The monoisotopic (exact) mass is 612 g/mol. The van der Waals surface area contributed by atoms with Crippen LogP contribution in [0.2, 0.25) is 0 Å². The third-order valence-electron chi connectivity index (χ3n) is 8.09. The summed E-state index contributed by atoms with van der Waals surface area (Å²) in [5, 5.41) is 22.1. The second-order valence-corrected chi connectivity index (χ2v) is 10.2. The Hall–Kier alpha value is -4.55. The van der Waals surface area contributed by atoms with Crippen LogP contribution in [-0.4, -0.2) is 72.2 Å². The maximum atomic E-state index is 14.1. The van der Waals surface area contributed by atoms with E-state index in [9.17, 15) is 15.0 Å². The van der Waals surface area contributed by atoms with Gasteiger partial charge in [0.1, 0.15) is 6.61 Å². The highest BCUT2D eigenvalue weighted by Crippen LogP contribution is 2.54. The molecule has 0 amide bonds. The number of benzene rings is 3. The van der Waals surface area contributed by atoms with E-state index in [1.54, 1.807) is 36.4 Å². The minimum absolute atomic E-state index is 0.0207. The van der Waals surface area contributed by atoms with Crippen LogP contribution >= 0.6 is 0 Å². The molecular weight excluding hydrogens is 576 g/mol. The minimum Gasteiger partial charge on any atom is -0.493 e. The van der Waals surface area contributed by atoms with Crippen molar-refractivity contribution in [2.24, 2.45) is 11.8 Å². The van der Waals surface area contributed by atoms with Crippen molar-refractivity contribution in [3.05, 3.63) is 58.7 Å². The van der Waals surface area contributed by atoms with Crippen molar-refractivity contribution in [3.63, 3.8) is 0 Å². The van der Waals surface area contributed by atoms with Crippen molar-refractivity contribution in [2.75, 3.05) is 56.1 Å². The Kier molecular flexibility index (Phi) is 9.12. The summed E-state index contributed by atoms with van der Waals surface area (Å²) in [6.07, 6.45) is -1.21. The van der Waals surface area contributed by atoms with Gasteiger partial charge in [-0.1, -0.05) is 0 Å². The molecule has 3 aromatic rings. The van der Waals surface area contributed by atoms with E-state index in [0.717, 1.165) is 0 Å². The number of rotatable bonds is 11. The van der Waals surface area contributed by atoms with Crippen molar-refractivity contribution in [3.8, 4) is 46.0 Å². The number of ether oxygens (including phenoxy) is 9. The van der Waals surface area contributed by atoms with Gasteiger partial charge in [0.25, 0.3) is 0 Å². The molecule has 1 aliphatic heterocycles. The van der Waals surface area contributed by atoms with Crippen LogP contribution in [0.4, 0.5) is 0 Å². The molecule has 1 aliphatic carbocycles. The molecule has 236 valence electrons. The zero-order chi connectivity index (χ0) is 31.5. The Balaban J connectivity index is 1.61. The average molecular weight is 613 g/mol. The Morgan fingerprint density at radius 1 is 0.750 bits per heavy atom. The number of esters is 1. The van der Waals surface area contributed by atoms with Gasteiger partial charge < -0.3 is 52.8 Å². The van der Waals surface area contributed by atoms with Crippen LogP contribution in [0.5, 0.6) is 46.0 Å². The molecule has 5 rings (SSSR count). The third kappa shape index (κ3) is 5.35. The maximum absolute atomic E-state index is 14.1. The Bertz CT molecular complexity index is 1470. The summed E-state index contributed by atoms with van der Waals surface area (Å²) >= 11 is 0. The molecule has 0 radical (unpaired) electrons. The second kappa shape index (κ2) is 13.0. The molecular formula is C32H36O12. The smallest absolute Gasteiger partial charge is 0.310 e. The van der Waals surface area contributed by atoms with E-state index in [-0.39, 0.29) is 13.4 Å². The van der Waals surface area contributed by atoms with Gasteiger partial charge in [-0.3, -0.25) is 4.79 Å². The first kappa shape index (κ1) is 30.9. The summed E-state index contributed by atoms with van der Waals surface area (Å²) in [4.78, 5) is 14.1. The summed E-state index contributed by atoms with van der Waals surface area (Å²) in [6, 6.07) is 10.3. The molecule has 12 heteroatoms. The highest BCUT2D eigenvalue weighted by atomic mass is 16.7. The van der Waals surface area contributed by atoms with Gasteiger partial charge in [0.05, 0.1) is 54.7 Å². The predicted octanol–water partition coefficient (Wildman–Crippen LogP) is 3.61. The zero-order valence-electron chi connectivity index (χ0n) is 25.4. The maximum Gasteiger partial charge on any atom is 0.310 e. The lowest BCUT2D eigenvalue weighted by atomic mass is 9.65. The topological polar surface area (TPSA) is 141 Å². The molecule has 0 bridgehead atoms. The van der Waals surface area contributed by atoms with Crippen LogP contribution < -0.4 is 37.9 Å². The van der Waals surface area contributed by atoms with Gasteiger partial charge in [0.15, 0.2) is 34.5 Å². The molecule has 1 heterocycles. The van der Waals surface area contributed by atoms with Crippen molar-refractivity contribution in [2.45, 2.75) is 18.6 Å². The fraction of sp³-hybridized carbons (Fsp3) is 0.406. The van der Waals surface area contributed by atoms with E-state index in [2.05, 4.69) is 0 Å². The van der Waals surface area contributed by atoms with Gasteiger partial charge in [-0.2, -0.15) is 0 Å². The quantitative estimate of drug-likeness (QED) is 0.306. The fourth-order valence-electron chi connectivity index (χ4n) is 6.03. The molecule has 12 nitrogen and oxygen atoms in total. The molecule has 2 N–H and O–H groups in total. The van der Waals surface area contributed by atoms with Crippen LogP contribution in [0, 0.1) is 11.8 Å². The van der Waals surface area contributed by atoms with E-state index in [1.807, 2.05) is 0 Å². The zero-order valence-corrected chi connectivity index (χ0v) is 25.4. The highest BCUT2D eigenvalue weighted by Gasteiger charge is 2.48. The summed E-state index contributed by atoms with van der Waals surface area (Å²) in [5.74, 6) is -0.0571. The lowest BCUT2D eigenvalue weighted by Gasteiger charge is -2.41. The Morgan fingerprint density at radius 2 is 1.25 bits per heavy atom. The van der Waals surface area contributed by atoms with Gasteiger partial charge in [0.2, 0.25) is 18.3 Å². The molecule has 3 aromatic carbocycles. The molecule has 0 fully saturated rings. The van der Waals surface area contributed by atoms with Crippen LogP contribution in [-0.2, 0) is 16.1 Å². The number of hydrogen-bond acceptors (Lipinski definition) is 12. The van der Waals surface area contributed by atoms with Gasteiger partial charge in [-0.05, 0) is 58.7 Å². The molecule has 44 heavy (non-hydrogen) atoms. The van der Waals surface area contributed by atoms with Crippen LogP contribution in [0.25, 0.3) is 0 Å². The van der Waals surface area contributed by atoms with Crippen LogP contribution in [0.15, 0.2) is 36.4 Å². The lowest BCUT2D eigenvalue weighted by Crippen LogP contribution is -2.41. The van der Waals surface area contributed by atoms with Crippen molar-refractivity contribution in [1.29, 1.82) is 0 Å². The van der Waals surface area contributed by atoms with Gasteiger partial charge in [-0.25, -0.2) is 0 Å². The van der Waals surface area contributed by atoms with Gasteiger partial charge in [0, 0.05) is 18.4 Å². The van der Waals surface area contributed by atoms with Crippen molar-refractivity contribution in [1.82, 2.24) is 0 Å². The number of hydrogen-bond donors (Lipinski definition) is 2. The molecule has 2 aliphatic rings. The molecule has 4 atom stereocenters. The highest BCUT2D eigenvalue weighted by molar-refractivity contribution is 5.77. The second-order valence-electron chi connectivity index (χ2n) is 10.2. The predicted molar refractivity (Wildman–Crippen MR) is 155 cm³/mol. The summed E-state index contributed by atoms with van der Waals surface area (Å²) in [5.41, 5.74) is 2.30. The minimum atomic E-state index is -1.21. The summed E-state index contributed by atoms with van der Waals surface area (Å²) in [7, 11) is 8.98. The van der Waals surface area contributed by atoms with Crippen molar-refractivity contribution >= 4 is 5.97 Å². The first-order valence-corrected chi connectivity index (χ1v) is 13.8. The first-order chi connectivity index (χ1) is 21.3. The Labute approximate surface area is 254 Å². The number of carbonyl (C=O) groups is 1. The first-order valence-electron chi connectivity index (χ1n) is 13.8. The third-order valence-corrected chi connectivity index (χ3v) is 8.09. The van der Waals surface area contributed by atoms with Crippen LogP contribution in [0.1, 0.15) is 34.3 Å². The van der Waals surface area contributed by atoms with Gasteiger partial charge in [-0.15, -0.1) is 0 Å². The number of fused-ring (bicyclic) bond motifs is 2. The summed E-state index contributed by atoms with van der Waals surface area (Å²) in [6.45, 7) is -0.622. The van der Waals surface area contributed by atoms with E-state index in [0.29, 0.717) is 68.2 Å². The average Bonchev–Trinajstić information content (AvgIpc) is 3.52. The number of carbonyl (C=O) groups excluding carboxylic acids is 1. The van der Waals surface area contributed by atoms with E-state index < -0.39 is 36.4 Å². The molecule has 0 aromatic heterocycles. The number of aliphatic hydroxyl groups is 2. The molecule has 0 unspecified atom stereocenters. The van der Waals surface area contributed by atoms with E-state index in [1.165, 1.54) is 42.7 Å². The lowest BCUT2D eigenvalue weighted by molar-refractivity contribution is -0.156. The summed E-state index contributed by atoms with van der Waals surface area (Å²) < 4.78 is 50.1. The van der Waals surface area contributed by atoms with E-state index >= 15 is 0 Å². The van der Waals surface area contributed by atoms with E-state index in [4.69, 9.17) is 42.6 Å². The largest absolute Gasteiger partial charge is 0.493 e.